The molecule has 3 heteroatoms. The molecule has 3 aromatic rings. The van der Waals surface area contributed by atoms with Gasteiger partial charge in [-0.15, -0.1) is 0 Å². The summed E-state index contributed by atoms with van der Waals surface area (Å²) in [7, 11) is 0. The van der Waals surface area contributed by atoms with Crippen LogP contribution in [0.1, 0.15) is 0 Å². The second-order valence-corrected chi connectivity index (χ2v) is 3.41. The van der Waals surface area contributed by atoms with Gasteiger partial charge in [0, 0.05) is 35.6 Å². The minimum absolute atomic E-state index is 0.0688. The maximum Gasteiger partial charge on any atom is 0.189 e. The Kier molecular flexibility index (Phi) is 3.65. The fourth-order valence-corrected chi connectivity index (χ4v) is 1.43. The Morgan fingerprint density at radius 3 is 2.24 bits per heavy atom. The number of aromatic amines is 1. The molecule has 0 unspecified atom stereocenters. The first-order valence-electron chi connectivity index (χ1n) is 5.29. The standard InChI is InChI=1S/C9H7NO.C5H5N/c11-9-5-6-10-8-4-2-1-3-7(8)9;1-2-4-6-5-3-1/h1-6H,(H,10,11);1-5H. The smallest absolute Gasteiger partial charge is 0.189 e. The molecule has 0 amide bonds. The van der Waals surface area contributed by atoms with Gasteiger partial charge in [-0.3, -0.25) is 9.78 Å². The van der Waals surface area contributed by atoms with Crippen LogP contribution in [0.5, 0.6) is 0 Å². The van der Waals surface area contributed by atoms with Gasteiger partial charge < -0.3 is 4.98 Å². The van der Waals surface area contributed by atoms with Gasteiger partial charge in [0.25, 0.3) is 0 Å². The van der Waals surface area contributed by atoms with Crippen LogP contribution in [-0.2, 0) is 0 Å². The molecule has 0 aliphatic heterocycles. The molecular formula is C14H12N2O. The Morgan fingerprint density at radius 2 is 1.65 bits per heavy atom. The van der Waals surface area contributed by atoms with Crippen LogP contribution in [-0.4, -0.2) is 9.97 Å². The van der Waals surface area contributed by atoms with Gasteiger partial charge in [-0.05, 0) is 24.3 Å². The summed E-state index contributed by atoms with van der Waals surface area (Å²) in [5.74, 6) is 0. The lowest BCUT2D eigenvalue weighted by Gasteiger charge is -1.92. The Labute approximate surface area is 98.8 Å². The van der Waals surface area contributed by atoms with Crippen molar-refractivity contribution in [3.05, 3.63) is 77.3 Å². The van der Waals surface area contributed by atoms with Crippen LogP contribution < -0.4 is 5.43 Å². The maximum absolute atomic E-state index is 11.2. The molecule has 0 atom stereocenters. The lowest BCUT2D eigenvalue weighted by atomic mass is 10.2. The van der Waals surface area contributed by atoms with E-state index < -0.39 is 0 Å². The lowest BCUT2D eigenvalue weighted by molar-refractivity contribution is 1.33. The van der Waals surface area contributed by atoms with Crippen molar-refractivity contribution in [2.24, 2.45) is 0 Å². The Morgan fingerprint density at radius 1 is 0.882 bits per heavy atom. The molecule has 0 bridgehead atoms. The number of hydrogen-bond acceptors (Lipinski definition) is 2. The zero-order chi connectivity index (χ0) is 11.9. The highest BCUT2D eigenvalue weighted by molar-refractivity contribution is 5.77. The third kappa shape index (κ3) is 3.01. The average molecular weight is 224 g/mol. The van der Waals surface area contributed by atoms with Gasteiger partial charge in [-0.2, -0.15) is 0 Å². The van der Waals surface area contributed by atoms with E-state index in [1.807, 2.05) is 42.5 Å². The van der Waals surface area contributed by atoms with Crippen LogP contribution >= 0.6 is 0 Å². The third-order valence-electron chi connectivity index (χ3n) is 2.23. The van der Waals surface area contributed by atoms with Gasteiger partial charge in [0.1, 0.15) is 0 Å². The van der Waals surface area contributed by atoms with E-state index in [0.29, 0.717) is 0 Å². The number of para-hydroxylation sites is 1. The normalized spacial score (nSPS) is 9.41. The second-order valence-electron chi connectivity index (χ2n) is 3.41. The molecule has 2 aromatic heterocycles. The van der Waals surface area contributed by atoms with Crippen LogP contribution in [0.4, 0.5) is 0 Å². The van der Waals surface area contributed by atoms with E-state index in [2.05, 4.69) is 9.97 Å². The number of nitrogens with one attached hydrogen (secondary N) is 1. The highest BCUT2D eigenvalue weighted by Gasteiger charge is 1.92. The molecule has 1 N–H and O–H groups in total. The summed E-state index contributed by atoms with van der Waals surface area (Å²) in [4.78, 5) is 17.9. The van der Waals surface area contributed by atoms with Crippen molar-refractivity contribution in [1.29, 1.82) is 0 Å². The number of H-pyrrole nitrogens is 1. The third-order valence-corrected chi connectivity index (χ3v) is 2.23. The summed E-state index contributed by atoms with van der Waals surface area (Å²) >= 11 is 0. The van der Waals surface area contributed by atoms with Crippen molar-refractivity contribution < 1.29 is 0 Å². The number of pyridine rings is 2. The number of rotatable bonds is 0. The number of hydrogen-bond donors (Lipinski definition) is 1. The molecule has 0 fully saturated rings. The zero-order valence-corrected chi connectivity index (χ0v) is 9.21. The van der Waals surface area contributed by atoms with Gasteiger partial charge in [0.05, 0.1) is 0 Å². The Bertz CT molecular complexity index is 600. The molecule has 3 rings (SSSR count). The number of aromatic nitrogens is 2. The van der Waals surface area contributed by atoms with E-state index in [-0.39, 0.29) is 5.43 Å². The van der Waals surface area contributed by atoms with E-state index in [4.69, 9.17) is 0 Å². The lowest BCUT2D eigenvalue weighted by Crippen LogP contribution is -1.98. The molecule has 2 heterocycles. The summed E-state index contributed by atoms with van der Waals surface area (Å²) in [6.45, 7) is 0. The second kappa shape index (κ2) is 5.61. The van der Waals surface area contributed by atoms with E-state index in [9.17, 15) is 4.79 Å². The number of fused-ring (bicyclic) bond motifs is 1. The number of nitrogens with zero attached hydrogens (tertiary/aromatic N) is 1. The Hall–Kier alpha value is -2.42. The van der Waals surface area contributed by atoms with Crippen molar-refractivity contribution in [3.8, 4) is 0 Å². The first kappa shape index (κ1) is 11.1. The van der Waals surface area contributed by atoms with Crippen molar-refractivity contribution in [1.82, 2.24) is 9.97 Å². The monoisotopic (exact) mass is 224 g/mol. The molecule has 0 spiro atoms. The molecule has 0 saturated heterocycles. The fraction of sp³-hybridized carbons (Fsp3) is 0. The molecule has 1 aromatic carbocycles. The largest absolute Gasteiger partial charge is 0.361 e. The molecule has 0 radical (unpaired) electrons. The van der Waals surface area contributed by atoms with E-state index in [1.165, 1.54) is 6.07 Å². The van der Waals surface area contributed by atoms with Crippen molar-refractivity contribution in [2.75, 3.05) is 0 Å². The summed E-state index contributed by atoms with van der Waals surface area (Å²) < 4.78 is 0. The van der Waals surface area contributed by atoms with Crippen molar-refractivity contribution in [3.63, 3.8) is 0 Å². The molecule has 0 aliphatic carbocycles. The minimum Gasteiger partial charge on any atom is -0.361 e. The van der Waals surface area contributed by atoms with E-state index >= 15 is 0 Å². The molecule has 84 valence electrons. The quantitative estimate of drug-likeness (QED) is 0.638. The molecule has 0 saturated carbocycles. The first-order chi connectivity index (χ1) is 8.38. The topological polar surface area (TPSA) is 45.8 Å². The van der Waals surface area contributed by atoms with Crippen LogP contribution in [0.2, 0.25) is 0 Å². The molecule has 17 heavy (non-hydrogen) atoms. The molecule has 3 nitrogen and oxygen atoms in total. The minimum atomic E-state index is 0.0688. The molecule has 0 aliphatic rings. The summed E-state index contributed by atoms with van der Waals surface area (Å²) in [5.41, 5.74) is 0.958. The van der Waals surface area contributed by atoms with Gasteiger partial charge in [-0.1, -0.05) is 18.2 Å². The fourth-order valence-electron chi connectivity index (χ4n) is 1.43. The summed E-state index contributed by atoms with van der Waals surface area (Å²) in [6.07, 6.45) is 5.16. The van der Waals surface area contributed by atoms with Crippen LogP contribution in [0, 0.1) is 0 Å². The highest BCUT2D eigenvalue weighted by atomic mass is 16.1. The SMILES string of the molecule is O=c1cc[nH]c2ccccc12.c1ccncc1. The zero-order valence-electron chi connectivity index (χ0n) is 9.21. The van der Waals surface area contributed by atoms with E-state index in [1.54, 1.807) is 18.6 Å². The summed E-state index contributed by atoms with van der Waals surface area (Å²) in [6, 6.07) is 14.7. The van der Waals surface area contributed by atoms with Crippen LogP contribution in [0.3, 0.4) is 0 Å². The van der Waals surface area contributed by atoms with Crippen molar-refractivity contribution >= 4 is 10.9 Å². The first-order valence-corrected chi connectivity index (χ1v) is 5.29. The summed E-state index contributed by atoms with van der Waals surface area (Å²) in [5, 5.41) is 0.745. The highest BCUT2D eigenvalue weighted by Crippen LogP contribution is 2.03. The molecular weight excluding hydrogens is 212 g/mol. The van der Waals surface area contributed by atoms with E-state index in [0.717, 1.165) is 10.9 Å². The van der Waals surface area contributed by atoms with Gasteiger partial charge in [0.2, 0.25) is 0 Å². The number of benzene rings is 1. The van der Waals surface area contributed by atoms with Gasteiger partial charge in [0.15, 0.2) is 5.43 Å². The van der Waals surface area contributed by atoms with Gasteiger partial charge in [-0.25, -0.2) is 0 Å². The Balaban J connectivity index is 0.000000153. The predicted octanol–water partition coefficient (Wildman–Crippen LogP) is 2.61. The predicted molar refractivity (Wildman–Crippen MR) is 68.8 cm³/mol. The maximum atomic E-state index is 11.2. The van der Waals surface area contributed by atoms with Crippen molar-refractivity contribution in [2.45, 2.75) is 0 Å². The van der Waals surface area contributed by atoms with Crippen LogP contribution in [0.25, 0.3) is 10.9 Å². The van der Waals surface area contributed by atoms with Crippen LogP contribution in [0.15, 0.2) is 71.9 Å². The average Bonchev–Trinajstić information content (AvgIpc) is 2.42. The van der Waals surface area contributed by atoms with Gasteiger partial charge >= 0.3 is 0 Å².